The molecule has 1 aromatic carbocycles. The van der Waals surface area contributed by atoms with Crippen LogP contribution in [0.2, 0.25) is 5.02 Å². The van der Waals surface area contributed by atoms with E-state index in [-0.39, 0.29) is 18.1 Å². The standard InChI is InChI=1S/C13H6Br2ClNO2S/c14-7-3-10(20-13(7)15)12(19)6-1-5-2-11(18)17-9(5)4-8(6)16/h1,3-4H,2H2,(H,17,18). The maximum absolute atomic E-state index is 12.5. The van der Waals surface area contributed by atoms with Crippen LogP contribution in [0.1, 0.15) is 20.8 Å². The molecule has 1 aliphatic rings. The van der Waals surface area contributed by atoms with E-state index in [2.05, 4.69) is 37.2 Å². The molecular weight excluding hydrogens is 429 g/mol. The van der Waals surface area contributed by atoms with Crippen LogP contribution in [0.4, 0.5) is 5.69 Å². The zero-order chi connectivity index (χ0) is 14.4. The minimum absolute atomic E-state index is 0.0812. The van der Waals surface area contributed by atoms with Crippen LogP contribution < -0.4 is 5.32 Å². The lowest BCUT2D eigenvalue weighted by Gasteiger charge is -2.05. The van der Waals surface area contributed by atoms with E-state index in [1.807, 2.05) is 0 Å². The Bertz CT molecular complexity index is 738. The molecule has 0 saturated heterocycles. The summed E-state index contributed by atoms with van der Waals surface area (Å²) in [6.45, 7) is 0. The van der Waals surface area contributed by atoms with Crippen LogP contribution in [0, 0.1) is 0 Å². The van der Waals surface area contributed by atoms with Crippen LogP contribution in [0.25, 0.3) is 0 Å². The third-order valence-electron chi connectivity index (χ3n) is 2.93. The highest BCUT2D eigenvalue weighted by atomic mass is 79.9. The molecule has 1 aliphatic heterocycles. The summed E-state index contributed by atoms with van der Waals surface area (Å²) >= 11 is 14.2. The number of halogens is 3. The van der Waals surface area contributed by atoms with E-state index >= 15 is 0 Å². The van der Waals surface area contributed by atoms with Gasteiger partial charge in [0.1, 0.15) is 0 Å². The molecule has 102 valence electrons. The number of amides is 1. The molecule has 1 amide bonds. The molecule has 0 bridgehead atoms. The lowest BCUT2D eigenvalue weighted by Crippen LogP contribution is -2.03. The molecule has 0 spiro atoms. The summed E-state index contributed by atoms with van der Waals surface area (Å²) in [5, 5.41) is 3.05. The number of thiophene rings is 1. The number of ketones is 1. The van der Waals surface area contributed by atoms with Gasteiger partial charge in [0.15, 0.2) is 0 Å². The van der Waals surface area contributed by atoms with E-state index in [4.69, 9.17) is 11.6 Å². The molecule has 0 radical (unpaired) electrons. The summed E-state index contributed by atoms with van der Waals surface area (Å²) in [6, 6.07) is 5.08. The maximum Gasteiger partial charge on any atom is 0.228 e. The number of carbonyl (C=O) groups excluding carboxylic acids is 2. The monoisotopic (exact) mass is 433 g/mol. The zero-order valence-electron chi connectivity index (χ0n) is 9.80. The maximum atomic E-state index is 12.5. The lowest BCUT2D eigenvalue weighted by atomic mass is 10.0. The molecule has 3 rings (SSSR count). The largest absolute Gasteiger partial charge is 0.325 e. The van der Waals surface area contributed by atoms with E-state index in [1.54, 1.807) is 18.2 Å². The van der Waals surface area contributed by atoms with Crippen molar-refractivity contribution in [2.24, 2.45) is 0 Å². The average Bonchev–Trinajstić information content (AvgIpc) is 2.90. The molecule has 0 unspecified atom stereocenters. The van der Waals surface area contributed by atoms with Crippen molar-refractivity contribution in [2.75, 3.05) is 5.32 Å². The number of benzene rings is 1. The van der Waals surface area contributed by atoms with Crippen molar-refractivity contribution in [1.29, 1.82) is 0 Å². The predicted octanol–water partition coefficient (Wildman–Crippen LogP) is 4.65. The first-order valence-corrected chi connectivity index (χ1v) is 8.35. The third kappa shape index (κ3) is 2.45. The lowest BCUT2D eigenvalue weighted by molar-refractivity contribution is -0.115. The molecule has 3 nitrogen and oxygen atoms in total. The molecular formula is C13H6Br2ClNO2S. The van der Waals surface area contributed by atoms with E-state index in [0.29, 0.717) is 21.2 Å². The van der Waals surface area contributed by atoms with Gasteiger partial charge in [0.2, 0.25) is 11.7 Å². The third-order valence-corrected chi connectivity index (χ3v) is 6.50. The smallest absolute Gasteiger partial charge is 0.228 e. The topological polar surface area (TPSA) is 46.2 Å². The Balaban J connectivity index is 2.04. The Labute approximate surface area is 140 Å². The van der Waals surface area contributed by atoms with E-state index in [0.717, 1.165) is 13.8 Å². The molecule has 2 aromatic rings. The fraction of sp³-hybridized carbons (Fsp3) is 0.0769. The normalized spacial score (nSPS) is 13.2. The van der Waals surface area contributed by atoms with E-state index < -0.39 is 0 Å². The molecule has 0 atom stereocenters. The summed E-state index contributed by atoms with van der Waals surface area (Å²) in [4.78, 5) is 24.4. The molecule has 7 heteroatoms. The second kappa shape index (κ2) is 5.26. The number of anilines is 1. The van der Waals surface area contributed by atoms with E-state index in [1.165, 1.54) is 11.3 Å². The Morgan fingerprint density at radius 1 is 1.30 bits per heavy atom. The first-order chi connectivity index (χ1) is 9.45. The number of carbonyl (C=O) groups is 2. The minimum Gasteiger partial charge on any atom is -0.325 e. The first-order valence-electron chi connectivity index (χ1n) is 5.57. The van der Waals surface area contributed by atoms with Crippen molar-refractivity contribution in [2.45, 2.75) is 6.42 Å². The Morgan fingerprint density at radius 2 is 2.05 bits per heavy atom. The van der Waals surface area contributed by atoms with Crippen molar-refractivity contribution in [1.82, 2.24) is 0 Å². The van der Waals surface area contributed by atoms with Gasteiger partial charge in [-0.2, -0.15) is 0 Å². The average molecular weight is 436 g/mol. The molecule has 1 N–H and O–H groups in total. The highest BCUT2D eigenvalue weighted by molar-refractivity contribution is 9.13. The van der Waals surface area contributed by atoms with Gasteiger partial charge in [0, 0.05) is 15.7 Å². The second-order valence-corrected chi connectivity index (χ2v) is 7.91. The molecule has 1 aromatic heterocycles. The number of nitrogens with one attached hydrogen (secondary N) is 1. The first kappa shape index (κ1) is 14.3. The van der Waals surface area contributed by atoms with Crippen molar-refractivity contribution in [3.63, 3.8) is 0 Å². The quantitative estimate of drug-likeness (QED) is 0.698. The molecule has 0 aliphatic carbocycles. The highest BCUT2D eigenvalue weighted by Gasteiger charge is 2.23. The fourth-order valence-corrected chi connectivity index (χ4v) is 4.25. The van der Waals surface area contributed by atoms with Crippen molar-refractivity contribution in [3.05, 3.63) is 47.5 Å². The SMILES string of the molecule is O=C1Cc2cc(C(=O)c3cc(Br)c(Br)s3)c(Cl)cc2N1. The zero-order valence-corrected chi connectivity index (χ0v) is 14.5. The molecule has 20 heavy (non-hydrogen) atoms. The highest BCUT2D eigenvalue weighted by Crippen LogP contribution is 2.36. The van der Waals surface area contributed by atoms with Crippen LogP contribution in [-0.2, 0) is 11.2 Å². The minimum atomic E-state index is -0.145. The fourth-order valence-electron chi connectivity index (χ4n) is 2.01. The second-order valence-electron chi connectivity index (χ2n) is 4.28. The van der Waals surface area contributed by atoms with Crippen LogP contribution in [0.5, 0.6) is 0 Å². The number of fused-ring (bicyclic) bond motifs is 1. The van der Waals surface area contributed by atoms with Gasteiger partial charge in [-0.3, -0.25) is 9.59 Å². The summed E-state index contributed by atoms with van der Waals surface area (Å²) in [6.07, 6.45) is 0.282. The summed E-state index contributed by atoms with van der Waals surface area (Å²) in [5.74, 6) is -0.226. The van der Waals surface area contributed by atoms with Crippen LogP contribution in [0.3, 0.4) is 0 Å². The van der Waals surface area contributed by atoms with Gasteiger partial charge in [0.05, 0.1) is 20.1 Å². The van der Waals surface area contributed by atoms with Crippen molar-refractivity contribution >= 4 is 72.2 Å². The van der Waals surface area contributed by atoms with Gasteiger partial charge < -0.3 is 5.32 Å². The van der Waals surface area contributed by atoms with Crippen LogP contribution in [0.15, 0.2) is 26.5 Å². The van der Waals surface area contributed by atoms with Gasteiger partial charge in [-0.05, 0) is 55.6 Å². The summed E-state index contributed by atoms with van der Waals surface area (Å²) in [7, 11) is 0. The number of rotatable bonds is 2. The van der Waals surface area contributed by atoms with Crippen molar-refractivity contribution in [3.8, 4) is 0 Å². The van der Waals surface area contributed by atoms with E-state index in [9.17, 15) is 9.59 Å². The summed E-state index contributed by atoms with van der Waals surface area (Å²) < 4.78 is 1.69. The molecule has 2 heterocycles. The summed E-state index contributed by atoms with van der Waals surface area (Å²) in [5.41, 5.74) is 1.91. The Hall–Kier alpha value is -0.690. The van der Waals surface area contributed by atoms with Gasteiger partial charge in [-0.25, -0.2) is 0 Å². The predicted molar refractivity (Wildman–Crippen MR) is 86.9 cm³/mol. The molecule has 0 saturated carbocycles. The van der Waals surface area contributed by atoms with Crippen LogP contribution >= 0.6 is 54.8 Å². The van der Waals surface area contributed by atoms with Crippen LogP contribution in [-0.4, -0.2) is 11.7 Å². The number of hydrogen-bond donors (Lipinski definition) is 1. The van der Waals surface area contributed by atoms with Gasteiger partial charge in [0.25, 0.3) is 0 Å². The van der Waals surface area contributed by atoms with Gasteiger partial charge in [-0.15, -0.1) is 11.3 Å². The van der Waals surface area contributed by atoms with Gasteiger partial charge in [-0.1, -0.05) is 11.6 Å². The Morgan fingerprint density at radius 3 is 2.70 bits per heavy atom. The Kier molecular flexibility index (Phi) is 3.75. The van der Waals surface area contributed by atoms with Gasteiger partial charge >= 0.3 is 0 Å². The number of hydrogen-bond acceptors (Lipinski definition) is 3. The van der Waals surface area contributed by atoms with Crippen molar-refractivity contribution < 1.29 is 9.59 Å². The molecule has 0 fully saturated rings.